The highest BCUT2D eigenvalue weighted by molar-refractivity contribution is 5.69. The zero-order valence-electron chi connectivity index (χ0n) is 11.1. The Morgan fingerprint density at radius 3 is 2.72 bits per heavy atom. The van der Waals surface area contributed by atoms with E-state index in [1.807, 2.05) is 39.0 Å². The Labute approximate surface area is 107 Å². The summed E-state index contributed by atoms with van der Waals surface area (Å²) in [7, 11) is 0. The van der Waals surface area contributed by atoms with E-state index in [4.69, 9.17) is 4.74 Å². The van der Waals surface area contributed by atoms with Gasteiger partial charge in [-0.3, -0.25) is 4.90 Å². The summed E-state index contributed by atoms with van der Waals surface area (Å²) in [6.45, 7) is 6.64. The first-order chi connectivity index (χ1) is 8.40. The molecule has 0 atom stereocenters. The Morgan fingerprint density at radius 2 is 2.11 bits per heavy atom. The smallest absolute Gasteiger partial charge is 0.410 e. The number of rotatable bonds is 1. The SMILES string of the molecule is CC(C)(C)OC(=O)N1Cc2cccc(CO)c2C1. The van der Waals surface area contributed by atoms with Crippen LogP contribution in [0.4, 0.5) is 4.79 Å². The van der Waals surface area contributed by atoms with Crippen LogP contribution in [0.15, 0.2) is 18.2 Å². The molecule has 2 rings (SSSR count). The lowest BCUT2D eigenvalue weighted by Gasteiger charge is -2.24. The van der Waals surface area contributed by atoms with Gasteiger partial charge in [0.1, 0.15) is 5.60 Å². The highest BCUT2D eigenvalue weighted by Gasteiger charge is 2.28. The van der Waals surface area contributed by atoms with Gasteiger partial charge < -0.3 is 9.84 Å². The Kier molecular flexibility index (Phi) is 3.30. The summed E-state index contributed by atoms with van der Waals surface area (Å²) in [5.74, 6) is 0. The van der Waals surface area contributed by atoms with Crippen molar-refractivity contribution < 1.29 is 14.6 Å². The zero-order valence-corrected chi connectivity index (χ0v) is 11.1. The number of hydrogen-bond donors (Lipinski definition) is 1. The second kappa shape index (κ2) is 4.61. The molecular weight excluding hydrogens is 230 g/mol. The number of fused-ring (bicyclic) bond motifs is 1. The monoisotopic (exact) mass is 249 g/mol. The number of carbonyl (C=O) groups is 1. The first-order valence-electron chi connectivity index (χ1n) is 6.09. The fourth-order valence-electron chi connectivity index (χ4n) is 2.10. The maximum Gasteiger partial charge on any atom is 0.410 e. The Morgan fingerprint density at radius 1 is 1.39 bits per heavy atom. The van der Waals surface area contributed by atoms with Gasteiger partial charge in [0.05, 0.1) is 13.2 Å². The molecule has 1 heterocycles. The molecule has 4 nitrogen and oxygen atoms in total. The van der Waals surface area contributed by atoms with Gasteiger partial charge in [0.15, 0.2) is 0 Å². The Balaban J connectivity index is 2.13. The van der Waals surface area contributed by atoms with Gasteiger partial charge >= 0.3 is 6.09 Å². The van der Waals surface area contributed by atoms with Crippen molar-refractivity contribution in [2.75, 3.05) is 0 Å². The number of carbonyl (C=O) groups excluding carboxylic acids is 1. The quantitative estimate of drug-likeness (QED) is 0.831. The predicted molar refractivity (Wildman–Crippen MR) is 67.8 cm³/mol. The van der Waals surface area contributed by atoms with Crippen molar-refractivity contribution in [2.24, 2.45) is 0 Å². The lowest BCUT2D eigenvalue weighted by Crippen LogP contribution is -2.33. The number of aliphatic hydroxyl groups is 1. The molecule has 0 fully saturated rings. The van der Waals surface area contributed by atoms with Crippen molar-refractivity contribution in [3.05, 3.63) is 34.9 Å². The largest absolute Gasteiger partial charge is 0.444 e. The first kappa shape index (κ1) is 12.9. The molecule has 1 N–H and O–H groups in total. The van der Waals surface area contributed by atoms with Crippen molar-refractivity contribution >= 4 is 6.09 Å². The second-order valence-corrected chi connectivity index (χ2v) is 5.55. The third-order valence-electron chi connectivity index (χ3n) is 2.90. The molecule has 1 aromatic carbocycles. The maximum absolute atomic E-state index is 12.0. The molecular formula is C14H19NO3. The summed E-state index contributed by atoms with van der Waals surface area (Å²) in [5.41, 5.74) is 2.54. The van der Waals surface area contributed by atoms with E-state index in [0.29, 0.717) is 13.1 Å². The highest BCUT2D eigenvalue weighted by atomic mass is 16.6. The van der Waals surface area contributed by atoms with Gasteiger partial charge in [0.2, 0.25) is 0 Å². The van der Waals surface area contributed by atoms with Crippen LogP contribution in [0.25, 0.3) is 0 Å². The lowest BCUT2D eigenvalue weighted by atomic mass is 10.0. The third-order valence-corrected chi connectivity index (χ3v) is 2.90. The highest BCUT2D eigenvalue weighted by Crippen LogP contribution is 2.27. The summed E-state index contributed by atoms with van der Waals surface area (Å²) in [6.07, 6.45) is -0.303. The minimum atomic E-state index is -0.480. The van der Waals surface area contributed by atoms with Crippen LogP contribution >= 0.6 is 0 Å². The van der Waals surface area contributed by atoms with Crippen molar-refractivity contribution in [3.8, 4) is 0 Å². The topological polar surface area (TPSA) is 49.8 Å². The van der Waals surface area contributed by atoms with Crippen molar-refractivity contribution in [1.29, 1.82) is 0 Å². The standard InChI is InChI=1S/C14H19NO3/c1-14(2,3)18-13(17)15-7-10-5-4-6-11(9-16)12(10)8-15/h4-6,16H,7-9H2,1-3H3. The number of benzene rings is 1. The molecule has 0 saturated heterocycles. The van der Waals surface area contributed by atoms with E-state index in [1.165, 1.54) is 0 Å². The van der Waals surface area contributed by atoms with Gasteiger partial charge in [0, 0.05) is 6.54 Å². The van der Waals surface area contributed by atoms with E-state index in [9.17, 15) is 9.90 Å². The van der Waals surface area contributed by atoms with E-state index in [0.717, 1.165) is 16.7 Å². The summed E-state index contributed by atoms with van der Waals surface area (Å²) >= 11 is 0. The first-order valence-corrected chi connectivity index (χ1v) is 6.09. The lowest BCUT2D eigenvalue weighted by molar-refractivity contribution is 0.0241. The maximum atomic E-state index is 12.0. The van der Waals surface area contributed by atoms with Crippen LogP contribution in [0.5, 0.6) is 0 Å². The van der Waals surface area contributed by atoms with Gasteiger partial charge in [-0.25, -0.2) is 4.79 Å². The van der Waals surface area contributed by atoms with Crippen molar-refractivity contribution in [3.63, 3.8) is 0 Å². The summed E-state index contributed by atoms with van der Waals surface area (Å²) in [6, 6.07) is 5.78. The molecule has 0 saturated carbocycles. The van der Waals surface area contributed by atoms with E-state index in [-0.39, 0.29) is 12.7 Å². The number of aliphatic hydroxyl groups excluding tert-OH is 1. The molecule has 0 aliphatic carbocycles. The minimum absolute atomic E-state index is 0.00529. The van der Waals surface area contributed by atoms with Crippen LogP contribution in [-0.2, 0) is 24.4 Å². The van der Waals surface area contributed by atoms with Crippen LogP contribution in [0, 0.1) is 0 Å². The predicted octanol–water partition coefficient (Wildman–Crippen LogP) is 2.43. The molecule has 1 aliphatic heterocycles. The third kappa shape index (κ3) is 2.64. The van der Waals surface area contributed by atoms with Crippen molar-refractivity contribution in [1.82, 2.24) is 4.90 Å². The summed E-state index contributed by atoms with van der Waals surface area (Å²) in [4.78, 5) is 13.6. The molecule has 0 aromatic heterocycles. The minimum Gasteiger partial charge on any atom is -0.444 e. The van der Waals surface area contributed by atoms with Crippen LogP contribution in [-0.4, -0.2) is 21.7 Å². The Hall–Kier alpha value is -1.55. The molecule has 4 heteroatoms. The molecule has 1 amide bonds. The van der Waals surface area contributed by atoms with Gasteiger partial charge in [-0.2, -0.15) is 0 Å². The fourth-order valence-corrected chi connectivity index (χ4v) is 2.10. The normalized spacial score (nSPS) is 14.6. The number of nitrogens with zero attached hydrogens (tertiary/aromatic N) is 1. The van der Waals surface area contributed by atoms with E-state index < -0.39 is 5.60 Å². The van der Waals surface area contributed by atoms with Crippen LogP contribution in [0.1, 0.15) is 37.5 Å². The molecule has 0 unspecified atom stereocenters. The van der Waals surface area contributed by atoms with Crippen LogP contribution in [0.2, 0.25) is 0 Å². The number of amides is 1. The van der Waals surface area contributed by atoms with Crippen LogP contribution in [0.3, 0.4) is 0 Å². The molecule has 1 aromatic rings. The molecule has 0 radical (unpaired) electrons. The van der Waals surface area contributed by atoms with Gasteiger partial charge in [-0.1, -0.05) is 18.2 Å². The Bertz CT molecular complexity index is 463. The van der Waals surface area contributed by atoms with Crippen molar-refractivity contribution in [2.45, 2.75) is 46.1 Å². The van der Waals surface area contributed by atoms with Crippen LogP contribution < -0.4 is 0 Å². The molecule has 0 bridgehead atoms. The van der Waals surface area contributed by atoms with Gasteiger partial charge in [-0.15, -0.1) is 0 Å². The number of ether oxygens (including phenoxy) is 1. The average molecular weight is 249 g/mol. The van der Waals surface area contributed by atoms with E-state index >= 15 is 0 Å². The molecule has 98 valence electrons. The van der Waals surface area contributed by atoms with E-state index in [1.54, 1.807) is 4.90 Å². The zero-order chi connectivity index (χ0) is 13.3. The molecule has 18 heavy (non-hydrogen) atoms. The van der Waals surface area contributed by atoms with E-state index in [2.05, 4.69) is 0 Å². The number of hydrogen-bond acceptors (Lipinski definition) is 3. The molecule has 1 aliphatic rings. The van der Waals surface area contributed by atoms with Gasteiger partial charge in [0.25, 0.3) is 0 Å². The summed E-state index contributed by atoms with van der Waals surface area (Å²) in [5, 5.41) is 9.28. The average Bonchev–Trinajstić information content (AvgIpc) is 2.70. The second-order valence-electron chi connectivity index (χ2n) is 5.55. The van der Waals surface area contributed by atoms with Gasteiger partial charge in [-0.05, 0) is 37.5 Å². The summed E-state index contributed by atoms with van der Waals surface area (Å²) < 4.78 is 5.35. The fraction of sp³-hybridized carbons (Fsp3) is 0.500. The molecule has 0 spiro atoms.